The number of carbonyl (C=O) groups is 2. The Morgan fingerprint density at radius 3 is 2.61 bits per heavy atom. The first kappa shape index (κ1) is 20.5. The average Bonchev–Trinajstić information content (AvgIpc) is 3.32. The molecule has 2 amide bonds. The molecule has 2 aromatic carbocycles. The Labute approximate surface area is 180 Å². The molecule has 0 bridgehead atoms. The van der Waals surface area contributed by atoms with Gasteiger partial charge in [-0.25, -0.2) is 0 Å². The normalized spacial score (nSPS) is 15.6. The van der Waals surface area contributed by atoms with Crippen LogP contribution in [-0.2, 0) is 11.2 Å². The molecule has 31 heavy (non-hydrogen) atoms. The van der Waals surface area contributed by atoms with Gasteiger partial charge in [0.05, 0.1) is 19.4 Å². The van der Waals surface area contributed by atoms with Crippen LogP contribution in [0.4, 0.5) is 0 Å². The summed E-state index contributed by atoms with van der Waals surface area (Å²) in [5, 5.41) is 5.81. The van der Waals surface area contributed by atoms with Crippen molar-refractivity contribution >= 4 is 17.9 Å². The summed E-state index contributed by atoms with van der Waals surface area (Å²) in [4.78, 5) is 25.9. The fourth-order valence-corrected chi connectivity index (χ4v) is 3.75. The highest BCUT2D eigenvalue weighted by Crippen LogP contribution is 2.29. The SMILES string of the molecule is COc1ccc(C(=O)N/C(=C\c2ccco2)C(=O)N[C@@H]2CCCc3ccccc32)cc1. The number of nitrogens with one attached hydrogen (secondary N) is 2. The topological polar surface area (TPSA) is 80.6 Å². The lowest BCUT2D eigenvalue weighted by atomic mass is 9.87. The minimum atomic E-state index is -0.389. The lowest BCUT2D eigenvalue weighted by molar-refractivity contribution is -0.118. The minimum absolute atomic E-state index is 0.102. The van der Waals surface area contributed by atoms with E-state index in [-0.39, 0.29) is 23.6 Å². The Balaban J connectivity index is 1.55. The van der Waals surface area contributed by atoms with Gasteiger partial charge in [-0.2, -0.15) is 0 Å². The van der Waals surface area contributed by atoms with Crippen LogP contribution in [-0.4, -0.2) is 18.9 Å². The molecule has 1 heterocycles. The fraction of sp³-hybridized carbons (Fsp3) is 0.200. The van der Waals surface area contributed by atoms with Gasteiger partial charge in [-0.05, 0) is 66.8 Å². The van der Waals surface area contributed by atoms with Gasteiger partial charge in [-0.1, -0.05) is 24.3 Å². The Morgan fingerprint density at radius 2 is 1.87 bits per heavy atom. The molecule has 1 aromatic heterocycles. The van der Waals surface area contributed by atoms with Crippen LogP contribution in [0.15, 0.2) is 77.0 Å². The second kappa shape index (κ2) is 9.34. The maximum absolute atomic E-state index is 13.2. The summed E-state index contributed by atoms with van der Waals surface area (Å²) < 4.78 is 10.5. The highest BCUT2D eigenvalue weighted by Gasteiger charge is 2.24. The molecule has 0 saturated heterocycles. The van der Waals surface area contributed by atoms with Crippen LogP contribution < -0.4 is 15.4 Å². The van der Waals surface area contributed by atoms with Crippen LogP contribution in [0.5, 0.6) is 5.75 Å². The molecule has 6 nitrogen and oxygen atoms in total. The maximum Gasteiger partial charge on any atom is 0.268 e. The molecule has 0 spiro atoms. The number of hydrogen-bond donors (Lipinski definition) is 2. The van der Waals surface area contributed by atoms with Gasteiger partial charge < -0.3 is 19.8 Å². The van der Waals surface area contributed by atoms with Crippen LogP contribution in [0.25, 0.3) is 6.08 Å². The van der Waals surface area contributed by atoms with E-state index in [1.165, 1.54) is 17.9 Å². The van der Waals surface area contributed by atoms with Crippen molar-refractivity contribution in [1.82, 2.24) is 10.6 Å². The number of hydrogen-bond acceptors (Lipinski definition) is 4. The van der Waals surface area contributed by atoms with Crippen LogP contribution in [0.2, 0.25) is 0 Å². The Morgan fingerprint density at radius 1 is 1.06 bits per heavy atom. The van der Waals surface area contributed by atoms with E-state index in [0.717, 1.165) is 24.8 Å². The zero-order valence-electron chi connectivity index (χ0n) is 17.3. The van der Waals surface area contributed by atoms with Gasteiger partial charge in [0.2, 0.25) is 0 Å². The second-order valence-electron chi connectivity index (χ2n) is 7.37. The number of methoxy groups -OCH3 is 1. The Bertz CT molecular complexity index is 1080. The molecule has 0 fully saturated rings. The number of aryl methyl sites for hydroxylation is 1. The Kier molecular flexibility index (Phi) is 6.17. The number of furan rings is 1. The van der Waals surface area contributed by atoms with Crippen molar-refractivity contribution in [3.05, 3.63) is 95.1 Å². The smallest absolute Gasteiger partial charge is 0.268 e. The summed E-state index contributed by atoms with van der Waals surface area (Å²) in [5.74, 6) is 0.375. The van der Waals surface area contributed by atoms with Crippen molar-refractivity contribution in [3.63, 3.8) is 0 Å². The molecule has 0 radical (unpaired) electrons. The minimum Gasteiger partial charge on any atom is -0.497 e. The summed E-state index contributed by atoms with van der Waals surface area (Å²) in [5.41, 5.74) is 2.92. The lowest BCUT2D eigenvalue weighted by Gasteiger charge is -2.26. The largest absolute Gasteiger partial charge is 0.497 e. The van der Waals surface area contributed by atoms with Crippen molar-refractivity contribution in [2.24, 2.45) is 0 Å². The molecule has 1 aliphatic carbocycles. The molecular formula is C25H24N2O4. The van der Waals surface area contributed by atoms with Gasteiger partial charge in [-0.3, -0.25) is 9.59 Å². The van der Waals surface area contributed by atoms with Crippen molar-refractivity contribution in [2.75, 3.05) is 7.11 Å². The lowest BCUT2D eigenvalue weighted by Crippen LogP contribution is -2.37. The molecule has 2 N–H and O–H groups in total. The van der Waals surface area contributed by atoms with Crippen molar-refractivity contribution < 1.29 is 18.7 Å². The molecule has 158 valence electrons. The summed E-state index contributed by atoms with van der Waals surface area (Å²) >= 11 is 0. The van der Waals surface area contributed by atoms with Crippen LogP contribution in [0.3, 0.4) is 0 Å². The highest BCUT2D eigenvalue weighted by molar-refractivity contribution is 6.05. The van der Waals surface area contributed by atoms with E-state index in [0.29, 0.717) is 17.1 Å². The summed E-state index contributed by atoms with van der Waals surface area (Å²) in [6, 6.07) is 18.2. The molecule has 0 aliphatic heterocycles. The first-order chi connectivity index (χ1) is 15.1. The molecule has 1 aliphatic rings. The molecule has 6 heteroatoms. The third kappa shape index (κ3) is 4.86. The van der Waals surface area contributed by atoms with E-state index in [2.05, 4.69) is 16.7 Å². The molecule has 4 rings (SSSR count). The average molecular weight is 416 g/mol. The van der Waals surface area contributed by atoms with E-state index < -0.39 is 0 Å². The summed E-state index contributed by atoms with van der Waals surface area (Å²) in [7, 11) is 1.56. The summed E-state index contributed by atoms with van der Waals surface area (Å²) in [6.07, 6.45) is 5.90. The van der Waals surface area contributed by atoms with Crippen LogP contribution in [0.1, 0.15) is 46.1 Å². The standard InChI is InChI=1S/C25H24N2O4/c1-30-19-13-11-18(12-14-19)24(28)27-23(16-20-8-5-15-31-20)25(29)26-22-10-4-7-17-6-2-3-9-21(17)22/h2-3,5-6,8-9,11-16,22H,4,7,10H2,1H3,(H,26,29)(H,27,28)/b23-16-/t22-/m1/s1. The number of rotatable bonds is 6. The van der Waals surface area contributed by atoms with E-state index >= 15 is 0 Å². The number of ether oxygens (including phenoxy) is 1. The van der Waals surface area contributed by atoms with Gasteiger partial charge in [0, 0.05) is 11.6 Å². The number of carbonyl (C=O) groups excluding carboxylic acids is 2. The Hall–Kier alpha value is -3.80. The predicted octanol–water partition coefficient (Wildman–Crippen LogP) is 4.25. The maximum atomic E-state index is 13.2. The number of fused-ring (bicyclic) bond motifs is 1. The first-order valence-electron chi connectivity index (χ1n) is 10.2. The zero-order valence-corrected chi connectivity index (χ0v) is 17.3. The highest BCUT2D eigenvalue weighted by atomic mass is 16.5. The first-order valence-corrected chi connectivity index (χ1v) is 10.2. The van der Waals surface area contributed by atoms with E-state index in [1.807, 2.05) is 18.2 Å². The zero-order chi connectivity index (χ0) is 21.6. The van der Waals surface area contributed by atoms with E-state index in [4.69, 9.17) is 9.15 Å². The number of amides is 2. The quantitative estimate of drug-likeness (QED) is 0.589. The van der Waals surface area contributed by atoms with Gasteiger partial charge in [0.1, 0.15) is 17.2 Å². The second-order valence-corrected chi connectivity index (χ2v) is 7.37. The molecule has 3 aromatic rings. The van der Waals surface area contributed by atoms with E-state index in [1.54, 1.807) is 43.5 Å². The molecule has 1 atom stereocenters. The summed E-state index contributed by atoms with van der Waals surface area (Å²) in [6.45, 7) is 0. The van der Waals surface area contributed by atoms with Crippen molar-refractivity contribution in [3.8, 4) is 5.75 Å². The van der Waals surface area contributed by atoms with Gasteiger partial charge in [0.25, 0.3) is 11.8 Å². The van der Waals surface area contributed by atoms with Crippen LogP contribution >= 0.6 is 0 Å². The van der Waals surface area contributed by atoms with Crippen molar-refractivity contribution in [1.29, 1.82) is 0 Å². The third-order valence-electron chi connectivity index (χ3n) is 5.35. The van der Waals surface area contributed by atoms with Gasteiger partial charge in [0.15, 0.2) is 0 Å². The molecule has 0 saturated carbocycles. The third-order valence-corrected chi connectivity index (χ3v) is 5.35. The molecule has 0 unspecified atom stereocenters. The van der Waals surface area contributed by atoms with Crippen molar-refractivity contribution in [2.45, 2.75) is 25.3 Å². The predicted molar refractivity (Wildman–Crippen MR) is 117 cm³/mol. The van der Waals surface area contributed by atoms with E-state index in [9.17, 15) is 9.59 Å². The van der Waals surface area contributed by atoms with Gasteiger partial charge in [-0.15, -0.1) is 0 Å². The van der Waals surface area contributed by atoms with Gasteiger partial charge >= 0.3 is 0 Å². The molecular weight excluding hydrogens is 392 g/mol. The fourth-order valence-electron chi connectivity index (χ4n) is 3.75. The monoisotopic (exact) mass is 416 g/mol. The number of benzene rings is 2. The van der Waals surface area contributed by atoms with Crippen LogP contribution in [0, 0.1) is 0 Å².